The van der Waals surface area contributed by atoms with Gasteiger partial charge in [0.1, 0.15) is 23.0 Å². The van der Waals surface area contributed by atoms with E-state index < -0.39 is 17.6 Å². The minimum atomic E-state index is -1.09. The van der Waals surface area contributed by atoms with E-state index in [1.807, 2.05) is 0 Å². The van der Waals surface area contributed by atoms with E-state index in [4.69, 9.17) is 10.8 Å². The number of carboxylic acid groups (broad SMARTS) is 1. The number of carboxylic acids is 1. The van der Waals surface area contributed by atoms with Gasteiger partial charge in [-0.1, -0.05) is 18.2 Å². The van der Waals surface area contributed by atoms with E-state index in [0.717, 1.165) is 11.6 Å². The van der Waals surface area contributed by atoms with Crippen molar-refractivity contribution in [2.45, 2.75) is 19.8 Å². The molecule has 0 bridgehead atoms. The second-order valence-corrected chi connectivity index (χ2v) is 6.71. The fourth-order valence-corrected chi connectivity index (χ4v) is 3.02. The molecule has 0 fully saturated rings. The molecule has 0 radical (unpaired) electrons. The van der Waals surface area contributed by atoms with Gasteiger partial charge < -0.3 is 5.11 Å². The van der Waals surface area contributed by atoms with Crippen LogP contribution in [0.25, 0.3) is 0 Å². The number of halogens is 2. The van der Waals surface area contributed by atoms with Gasteiger partial charge in [0.15, 0.2) is 0 Å². The molecular weight excluding hydrogens is 376 g/mol. The zero-order valence-corrected chi connectivity index (χ0v) is 15.7. The summed E-state index contributed by atoms with van der Waals surface area (Å²) in [6.45, 7) is 1.76. The van der Waals surface area contributed by atoms with Crippen molar-refractivity contribution in [3.05, 3.63) is 99.7 Å². The summed E-state index contributed by atoms with van der Waals surface area (Å²) in [6.07, 6.45) is 2.38. The molecule has 3 rings (SSSR count). The zero-order chi connectivity index (χ0) is 21.1. The molecule has 0 saturated carbocycles. The summed E-state index contributed by atoms with van der Waals surface area (Å²) in [6, 6.07) is 11.2. The van der Waals surface area contributed by atoms with Crippen molar-refractivity contribution in [2.75, 3.05) is 0 Å². The zero-order valence-electron chi connectivity index (χ0n) is 15.7. The molecule has 1 aromatic heterocycles. The van der Waals surface area contributed by atoms with Gasteiger partial charge in [-0.25, -0.2) is 13.6 Å². The van der Waals surface area contributed by atoms with Crippen LogP contribution >= 0.6 is 0 Å². The molecule has 0 unspecified atom stereocenters. The molecule has 0 aliphatic carbocycles. The van der Waals surface area contributed by atoms with Crippen LogP contribution in [0.5, 0.6) is 0 Å². The van der Waals surface area contributed by atoms with Crippen molar-refractivity contribution in [1.29, 1.82) is 10.8 Å². The molecule has 1 heterocycles. The van der Waals surface area contributed by atoms with Crippen LogP contribution in [-0.2, 0) is 12.8 Å². The molecule has 0 spiro atoms. The average molecular weight is 395 g/mol. The van der Waals surface area contributed by atoms with Gasteiger partial charge in [0.25, 0.3) is 0 Å². The fourth-order valence-electron chi connectivity index (χ4n) is 3.02. The first kappa shape index (κ1) is 20.1. The highest BCUT2D eigenvalue weighted by molar-refractivity contribution is 6.01. The molecule has 0 saturated heterocycles. The topological polar surface area (TPSA) is 89.9 Å². The smallest absolute Gasteiger partial charge is 0.335 e. The number of aromatic nitrogens is 1. The van der Waals surface area contributed by atoms with Gasteiger partial charge in [0.05, 0.1) is 5.56 Å². The van der Waals surface area contributed by atoms with Gasteiger partial charge in [0.2, 0.25) is 0 Å². The van der Waals surface area contributed by atoms with Gasteiger partial charge in [-0.3, -0.25) is 15.4 Å². The summed E-state index contributed by atoms with van der Waals surface area (Å²) in [5.41, 5.74) is 2.39. The SMILES string of the molecule is Cc1ccc(C(=O)O)cc1C(=N)n1cc(CCc2ccc(F)cc2F)ccc1=N. The molecule has 2 aromatic carbocycles. The number of pyridine rings is 1. The number of carbonyl (C=O) groups is 1. The second kappa shape index (κ2) is 8.18. The maximum Gasteiger partial charge on any atom is 0.335 e. The maximum atomic E-state index is 13.8. The van der Waals surface area contributed by atoms with Crippen molar-refractivity contribution < 1.29 is 18.7 Å². The summed E-state index contributed by atoms with van der Waals surface area (Å²) in [4.78, 5) is 11.2. The van der Waals surface area contributed by atoms with E-state index in [-0.39, 0.29) is 16.9 Å². The molecule has 148 valence electrons. The Balaban J connectivity index is 1.89. The van der Waals surface area contributed by atoms with Crippen LogP contribution in [0.15, 0.2) is 54.7 Å². The number of nitrogens with zero attached hydrogens (tertiary/aromatic N) is 1. The van der Waals surface area contributed by atoms with E-state index in [1.165, 1.54) is 34.9 Å². The third kappa shape index (κ3) is 4.45. The summed E-state index contributed by atoms with van der Waals surface area (Å²) < 4.78 is 28.2. The van der Waals surface area contributed by atoms with Crippen LogP contribution in [0.2, 0.25) is 0 Å². The first-order valence-corrected chi connectivity index (χ1v) is 8.89. The highest BCUT2D eigenvalue weighted by Crippen LogP contribution is 2.15. The molecule has 3 N–H and O–H groups in total. The lowest BCUT2D eigenvalue weighted by molar-refractivity contribution is 0.0697. The quantitative estimate of drug-likeness (QED) is 0.452. The Bertz CT molecular complexity index is 1170. The van der Waals surface area contributed by atoms with Crippen molar-refractivity contribution in [1.82, 2.24) is 4.57 Å². The number of nitrogens with one attached hydrogen (secondary N) is 2. The Hall–Kier alpha value is -3.61. The van der Waals surface area contributed by atoms with Crippen molar-refractivity contribution in [3.63, 3.8) is 0 Å². The number of benzene rings is 2. The number of aryl methyl sites for hydroxylation is 3. The van der Waals surface area contributed by atoms with Crippen LogP contribution in [0.3, 0.4) is 0 Å². The first-order valence-electron chi connectivity index (χ1n) is 8.89. The Morgan fingerprint density at radius 2 is 1.83 bits per heavy atom. The number of aromatic carboxylic acids is 1. The number of hydrogen-bond donors (Lipinski definition) is 3. The summed E-state index contributed by atoms with van der Waals surface area (Å²) in [7, 11) is 0. The summed E-state index contributed by atoms with van der Waals surface area (Å²) in [5, 5.41) is 25.8. The van der Waals surface area contributed by atoms with Gasteiger partial charge in [-0.15, -0.1) is 0 Å². The van der Waals surface area contributed by atoms with E-state index >= 15 is 0 Å². The average Bonchev–Trinajstić information content (AvgIpc) is 2.68. The molecule has 29 heavy (non-hydrogen) atoms. The Morgan fingerprint density at radius 1 is 1.07 bits per heavy atom. The number of rotatable bonds is 5. The Labute approximate surface area is 165 Å². The lowest BCUT2D eigenvalue weighted by Gasteiger charge is -2.14. The second-order valence-electron chi connectivity index (χ2n) is 6.71. The highest BCUT2D eigenvalue weighted by atomic mass is 19.1. The first-order chi connectivity index (χ1) is 13.8. The highest BCUT2D eigenvalue weighted by Gasteiger charge is 2.13. The van der Waals surface area contributed by atoms with E-state index in [1.54, 1.807) is 25.3 Å². The lowest BCUT2D eigenvalue weighted by Crippen LogP contribution is -2.27. The molecule has 0 aliphatic rings. The lowest BCUT2D eigenvalue weighted by atomic mass is 10.0. The Kier molecular flexibility index (Phi) is 5.68. The standard InChI is InChI=1S/C22H19F2N3O2/c1-13-2-5-16(22(28)29)10-18(13)21(26)27-12-14(4-9-20(27)25)3-6-15-7-8-17(23)11-19(15)24/h2,4-5,7-12,25-26H,3,6H2,1H3,(H,28,29). The summed E-state index contributed by atoms with van der Waals surface area (Å²) >= 11 is 0. The minimum absolute atomic E-state index is 0.0228. The van der Waals surface area contributed by atoms with Crippen LogP contribution in [0.1, 0.15) is 32.6 Å². The molecule has 3 aromatic rings. The van der Waals surface area contributed by atoms with Crippen molar-refractivity contribution >= 4 is 11.8 Å². The third-order valence-corrected chi connectivity index (χ3v) is 4.69. The predicted molar refractivity (Wildman–Crippen MR) is 104 cm³/mol. The van der Waals surface area contributed by atoms with Crippen LogP contribution in [0, 0.1) is 29.4 Å². The Morgan fingerprint density at radius 3 is 2.52 bits per heavy atom. The minimum Gasteiger partial charge on any atom is -0.478 e. The molecule has 5 nitrogen and oxygen atoms in total. The van der Waals surface area contributed by atoms with E-state index in [0.29, 0.717) is 29.5 Å². The molecule has 0 aliphatic heterocycles. The molecule has 0 atom stereocenters. The van der Waals surface area contributed by atoms with E-state index in [9.17, 15) is 18.7 Å². The van der Waals surface area contributed by atoms with Crippen LogP contribution < -0.4 is 5.49 Å². The van der Waals surface area contributed by atoms with Gasteiger partial charge in [-0.2, -0.15) is 0 Å². The maximum absolute atomic E-state index is 13.8. The predicted octanol–water partition coefficient (Wildman–Crippen LogP) is 3.91. The normalized spacial score (nSPS) is 10.7. The van der Waals surface area contributed by atoms with Crippen LogP contribution in [-0.4, -0.2) is 21.5 Å². The van der Waals surface area contributed by atoms with Crippen molar-refractivity contribution in [2.24, 2.45) is 0 Å². The fraction of sp³-hybridized carbons (Fsp3) is 0.136. The molecule has 7 heteroatoms. The molecule has 0 amide bonds. The summed E-state index contributed by atoms with van der Waals surface area (Å²) in [5.74, 6) is -2.35. The monoisotopic (exact) mass is 395 g/mol. The van der Waals surface area contributed by atoms with Crippen molar-refractivity contribution in [3.8, 4) is 0 Å². The van der Waals surface area contributed by atoms with Gasteiger partial charge >= 0.3 is 5.97 Å². The largest absolute Gasteiger partial charge is 0.478 e. The van der Waals surface area contributed by atoms with Gasteiger partial charge in [0, 0.05) is 17.8 Å². The van der Waals surface area contributed by atoms with Crippen LogP contribution in [0.4, 0.5) is 8.78 Å². The third-order valence-electron chi connectivity index (χ3n) is 4.69. The number of hydrogen-bond acceptors (Lipinski definition) is 3. The van der Waals surface area contributed by atoms with E-state index in [2.05, 4.69) is 0 Å². The van der Waals surface area contributed by atoms with Gasteiger partial charge in [-0.05, 0) is 60.7 Å². The molecular formula is C22H19F2N3O2.